The fourth-order valence-electron chi connectivity index (χ4n) is 9.18. The van der Waals surface area contributed by atoms with E-state index in [9.17, 15) is 43.2 Å². The van der Waals surface area contributed by atoms with E-state index in [1.165, 1.54) is 116 Å². The largest absolute Gasteiger partial charge is 0.472 e. The van der Waals surface area contributed by atoms with E-state index in [1.807, 2.05) is 0 Å². The highest BCUT2D eigenvalue weighted by atomic mass is 31.2. The Balaban J connectivity index is 5.24. The molecule has 0 heterocycles. The number of esters is 4. The molecule has 0 bridgehead atoms. The van der Waals surface area contributed by atoms with Crippen LogP contribution in [-0.4, -0.2) is 96.7 Å². The molecule has 81 heavy (non-hydrogen) atoms. The number of aliphatic hydroxyl groups excluding tert-OH is 1. The first-order valence-electron chi connectivity index (χ1n) is 32.5. The van der Waals surface area contributed by atoms with Gasteiger partial charge < -0.3 is 33.8 Å². The number of hydrogen-bond acceptors (Lipinski definition) is 15. The monoisotopic (exact) mass is 1200 g/mol. The van der Waals surface area contributed by atoms with E-state index in [-0.39, 0.29) is 25.7 Å². The predicted octanol–water partition coefficient (Wildman–Crippen LogP) is 16.9. The number of rotatable bonds is 61. The maximum Gasteiger partial charge on any atom is 0.472 e. The molecule has 0 fully saturated rings. The number of carbonyl (C=O) groups is 4. The van der Waals surface area contributed by atoms with Gasteiger partial charge in [0.15, 0.2) is 12.2 Å². The molecular weight excluding hydrogens is 1080 g/mol. The molecule has 0 aliphatic rings. The molecule has 0 spiro atoms. The standard InChI is InChI=1S/C62H120O17P2/c1-7-9-11-13-15-17-19-21-25-32-38-44-59(64)72-50-57(78-61(66)46-40-34-26-22-20-18-16-14-12-10-8-2)52-76-80(68,69)74-48-56(63)49-75-81(70,71)77-53-58(51-73-60(65)45-39-33-29-28-31-37-43-55(5)6)79-62(67)47-41-35-27-23-24-30-36-42-54(3)4/h54-58,63H,7-53H2,1-6H3,(H,68,69)(H,70,71)/t56-,57-,58-/m1/s1. The summed E-state index contributed by atoms with van der Waals surface area (Å²) in [4.78, 5) is 72.0. The first-order valence-corrected chi connectivity index (χ1v) is 35.5. The highest BCUT2D eigenvalue weighted by Gasteiger charge is 2.30. The number of aliphatic hydroxyl groups is 1. The summed E-state index contributed by atoms with van der Waals surface area (Å²) < 4.78 is 67.9. The van der Waals surface area contributed by atoms with Crippen molar-refractivity contribution in [2.45, 2.75) is 323 Å². The summed E-state index contributed by atoms with van der Waals surface area (Å²) in [6.45, 7) is 9.32. The number of hydrogen-bond donors (Lipinski definition) is 3. The van der Waals surface area contributed by atoms with Gasteiger partial charge >= 0.3 is 39.5 Å². The van der Waals surface area contributed by atoms with Gasteiger partial charge in [0.05, 0.1) is 26.4 Å². The Kier molecular flexibility index (Phi) is 53.4. The number of ether oxygens (including phenoxy) is 4. The summed E-state index contributed by atoms with van der Waals surface area (Å²) in [6.07, 6.45) is 36.3. The van der Waals surface area contributed by atoms with Crippen molar-refractivity contribution in [2.24, 2.45) is 11.8 Å². The molecule has 0 radical (unpaired) electrons. The summed E-state index contributed by atoms with van der Waals surface area (Å²) in [7, 11) is -9.88. The molecule has 0 aliphatic carbocycles. The number of carbonyl (C=O) groups excluding carboxylic acids is 4. The highest BCUT2D eigenvalue weighted by Crippen LogP contribution is 2.45. The van der Waals surface area contributed by atoms with Gasteiger partial charge in [-0.05, 0) is 37.5 Å². The van der Waals surface area contributed by atoms with Gasteiger partial charge in [-0.15, -0.1) is 0 Å². The third-order valence-electron chi connectivity index (χ3n) is 14.2. The molecule has 0 amide bonds. The van der Waals surface area contributed by atoms with E-state index in [4.69, 9.17) is 37.0 Å². The summed E-state index contributed by atoms with van der Waals surface area (Å²) in [5.74, 6) is -0.764. The van der Waals surface area contributed by atoms with Gasteiger partial charge in [0, 0.05) is 25.7 Å². The van der Waals surface area contributed by atoms with Crippen LogP contribution in [0.15, 0.2) is 0 Å². The Morgan fingerprint density at radius 3 is 0.840 bits per heavy atom. The molecule has 0 saturated heterocycles. The Hall–Kier alpha value is -1.94. The smallest absolute Gasteiger partial charge is 0.462 e. The molecule has 480 valence electrons. The molecule has 0 saturated carbocycles. The Bertz CT molecular complexity index is 1600. The third kappa shape index (κ3) is 56.9. The summed E-state index contributed by atoms with van der Waals surface area (Å²) in [6, 6.07) is 0. The van der Waals surface area contributed by atoms with E-state index < -0.39 is 97.5 Å². The highest BCUT2D eigenvalue weighted by molar-refractivity contribution is 7.47. The second-order valence-electron chi connectivity index (χ2n) is 23.4. The van der Waals surface area contributed by atoms with Gasteiger partial charge in [-0.25, -0.2) is 9.13 Å². The van der Waals surface area contributed by atoms with Crippen LogP contribution in [0.3, 0.4) is 0 Å². The van der Waals surface area contributed by atoms with Crippen LogP contribution in [0, 0.1) is 11.8 Å². The van der Waals surface area contributed by atoms with Crippen molar-refractivity contribution < 1.29 is 80.2 Å². The zero-order chi connectivity index (χ0) is 60.1. The normalized spacial score (nSPS) is 14.4. The molecule has 0 rings (SSSR count). The van der Waals surface area contributed by atoms with E-state index in [0.717, 1.165) is 96.3 Å². The number of phosphoric ester groups is 2. The Morgan fingerprint density at radius 2 is 0.568 bits per heavy atom. The Labute approximate surface area is 492 Å². The molecule has 0 aromatic heterocycles. The van der Waals surface area contributed by atoms with Crippen molar-refractivity contribution >= 4 is 39.5 Å². The quantitative estimate of drug-likeness (QED) is 0.0222. The molecular formula is C62H120O17P2. The van der Waals surface area contributed by atoms with Crippen molar-refractivity contribution in [3.05, 3.63) is 0 Å². The van der Waals surface area contributed by atoms with E-state index in [0.29, 0.717) is 37.5 Å². The average molecular weight is 1200 g/mol. The molecule has 0 aromatic rings. The van der Waals surface area contributed by atoms with Gasteiger partial charge in [0.25, 0.3) is 0 Å². The zero-order valence-corrected chi connectivity index (χ0v) is 53.9. The minimum Gasteiger partial charge on any atom is -0.462 e. The van der Waals surface area contributed by atoms with Crippen LogP contribution in [0.2, 0.25) is 0 Å². The lowest BCUT2D eigenvalue weighted by atomic mass is 10.0. The van der Waals surface area contributed by atoms with Crippen LogP contribution in [0.5, 0.6) is 0 Å². The molecule has 3 N–H and O–H groups in total. The van der Waals surface area contributed by atoms with Crippen molar-refractivity contribution in [1.82, 2.24) is 0 Å². The second-order valence-corrected chi connectivity index (χ2v) is 26.3. The van der Waals surface area contributed by atoms with Crippen LogP contribution in [-0.2, 0) is 65.4 Å². The third-order valence-corrected chi connectivity index (χ3v) is 16.1. The summed E-state index contributed by atoms with van der Waals surface area (Å²) >= 11 is 0. The van der Waals surface area contributed by atoms with Gasteiger partial charge in [0.2, 0.25) is 0 Å². The maximum atomic E-state index is 12.9. The Morgan fingerprint density at radius 1 is 0.333 bits per heavy atom. The van der Waals surface area contributed by atoms with E-state index in [1.54, 1.807) is 0 Å². The van der Waals surface area contributed by atoms with Crippen LogP contribution < -0.4 is 0 Å². The lowest BCUT2D eigenvalue weighted by molar-refractivity contribution is -0.161. The predicted molar refractivity (Wildman–Crippen MR) is 321 cm³/mol. The molecule has 19 heteroatoms. The minimum atomic E-state index is -4.94. The maximum absolute atomic E-state index is 12.9. The second kappa shape index (κ2) is 54.7. The van der Waals surface area contributed by atoms with Crippen molar-refractivity contribution in [1.29, 1.82) is 0 Å². The van der Waals surface area contributed by atoms with Gasteiger partial charge in [-0.3, -0.25) is 37.3 Å². The summed E-state index contributed by atoms with van der Waals surface area (Å²) in [5.41, 5.74) is 0. The van der Waals surface area contributed by atoms with Crippen LogP contribution in [0.4, 0.5) is 0 Å². The fraction of sp³-hybridized carbons (Fsp3) is 0.935. The van der Waals surface area contributed by atoms with Gasteiger partial charge in [-0.1, -0.05) is 253 Å². The SMILES string of the molecule is CCCCCCCCCCCCCC(=O)OC[C@H](COP(=O)(O)OC[C@@H](O)COP(=O)(O)OC[C@@H](COC(=O)CCCCCCCCC(C)C)OC(=O)CCCCCCCCCC(C)C)OC(=O)CCCCCCCCCCCCC. The van der Waals surface area contributed by atoms with Gasteiger partial charge in [0.1, 0.15) is 19.3 Å². The molecule has 0 aliphatic heterocycles. The number of phosphoric acid groups is 2. The minimum absolute atomic E-state index is 0.102. The van der Waals surface area contributed by atoms with Crippen LogP contribution >= 0.6 is 15.6 Å². The van der Waals surface area contributed by atoms with Crippen LogP contribution in [0.25, 0.3) is 0 Å². The zero-order valence-electron chi connectivity index (χ0n) is 52.1. The van der Waals surface area contributed by atoms with Crippen LogP contribution in [0.1, 0.15) is 305 Å². The lowest BCUT2D eigenvalue weighted by Gasteiger charge is -2.21. The number of unbranched alkanes of at least 4 members (excludes halogenated alkanes) is 31. The fourth-order valence-corrected chi connectivity index (χ4v) is 10.8. The summed E-state index contributed by atoms with van der Waals surface area (Å²) in [5, 5.41) is 10.5. The van der Waals surface area contributed by atoms with Gasteiger partial charge in [-0.2, -0.15) is 0 Å². The molecule has 5 atom stereocenters. The molecule has 0 aromatic carbocycles. The molecule has 17 nitrogen and oxygen atoms in total. The average Bonchev–Trinajstić information content (AvgIpc) is 3.42. The van der Waals surface area contributed by atoms with E-state index in [2.05, 4.69) is 41.5 Å². The topological polar surface area (TPSA) is 237 Å². The van der Waals surface area contributed by atoms with E-state index >= 15 is 0 Å². The van der Waals surface area contributed by atoms with Crippen molar-refractivity contribution in [3.8, 4) is 0 Å². The van der Waals surface area contributed by atoms with Crippen molar-refractivity contribution in [2.75, 3.05) is 39.6 Å². The first kappa shape index (κ1) is 79.1. The molecule has 2 unspecified atom stereocenters. The first-order chi connectivity index (χ1) is 38.9. The van der Waals surface area contributed by atoms with Crippen molar-refractivity contribution in [3.63, 3.8) is 0 Å². The lowest BCUT2D eigenvalue weighted by Crippen LogP contribution is -2.30.